The monoisotopic (exact) mass is 397 g/mol. The van der Waals surface area contributed by atoms with Crippen LogP contribution < -0.4 is 14.7 Å². The van der Waals surface area contributed by atoms with Gasteiger partial charge < -0.3 is 9.47 Å². The zero-order chi connectivity index (χ0) is 20.2. The molecule has 0 aliphatic carbocycles. The number of hydrogen-bond donors (Lipinski definition) is 0. The van der Waals surface area contributed by atoms with Crippen molar-refractivity contribution in [2.45, 2.75) is 6.92 Å². The molecule has 154 valence electrons. The summed E-state index contributed by atoms with van der Waals surface area (Å²) in [6.45, 7) is 7.16. The van der Waals surface area contributed by atoms with Crippen LogP contribution in [0.5, 0.6) is 5.75 Å². The summed E-state index contributed by atoms with van der Waals surface area (Å²) in [6, 6.07) is 13.4. The first-order chi connectivity index (χ1) is 14.2. The van der Waals surface area contributed by atoms with Gasteiger partial charge in [0.05, 0.1) is 31.6 Å². The van der Waals surface area contributed by atoms with E-state index in [2.05, 4.69) is 4.90 Å². The third-order valence-corrected chi connectivity index (χ3v) is 5.39. The lowest BCUT2D eigenvalue weighted by molar-refractivity contribution is 0.0322. The Hall–Kier alpha value is -2.61. The number of rotatable bonds is 6. The van der Waals surface area contributed by atoms with Gasteiger partial charge in [0, 0.05) is 25.3 Å². The first kappa shape index (κ1) is 19.7. The standard InChI is InChI=1S/C22H27N3O4/c1-17-5-3-4-6-20(17)24-16-25(27-2)21-8-7-18(15-19(21)22(24)26)29-14-11-23-9-12-28-13-10-23/h3-8,15H,9-14,16H2,1-2H3. The average molecular weight is 397 g/mol. The van der Waals surface area contributed by atoms with E-state index in [0.29, 0.717) is 24.6 Å². The van der Waals surface area contributed by atoms with Gasteiger partial charge in [-0.15, -0.1) is 0 Å². The molecule has 29 heavy (non-hydrogen) atoms. The third-order valence-electron chi connectivity index (χ3n) is 5.39. The van der Waals surface area contributed by atoms with Crippen LogP contribution in [0.1, 0.15) is 15.9 Å². The Morgan fingerprint density at radius 1 is 1.07 bits per heavy atom. The number of amides is 1. The number of morpholine rings is 1. The summed E-state index contributed by atoms with van der Waals surface area (Å²) >= 11 is 0. The van der Waals surface area contributed by atoms with Crippen LogP contribution in [-0.4, -0.2) is 64.0 Å². The van der Waals surface area contributed by atoms with Crippen molar-refractivity contribution < 1.29 is 19.1 Å². The summed E-state index contributed by atoms with van der Waals surface area (Å²) in [5.74, 6) is 0.634. The number of fused-ring (bicyclic) bond motifs is 1. The molecule has 2 aromatic carbocycles. The van der Waals surface area contributed by atoms with Crippen LogP contribution in [0.15, 0.2) is 42.5 Å². The molecule has 1 amide bonds. The lowest BCUT2D eigenvalue weighted by Gasteiger charge is -2.37. The molecule has 2 aliphatic heterocycles. The number of aryl methyl sites for hydroxylation is 1. The van der Waals surface area contributed by atoms with Crippen molar-refractivity contribution in [1.82, 2.24) is 4.90 Å². The van der Waals surface area contributed by atoms with Crippen molar-refractivity contribution in [3.63, 3.8) is 0 Å². The van der Waals surface area contributed by atoms with Gasteiger partial charge in [-0.1, -0.05) is 18.2 Å². The van der Waals surface area contributed by atoms with Crippen molar-refractivity contribution in [1.29, 1.82) is 0 Å². The highest BCUT2D eigenvalue weighted by Gasteiger charge is 2.31. The fraction of sp³-hybridized carbons (Fsp3) is 0.409. The highest BCUT2D eigenvalue weighted by atomic mass is 16.7. The predicted molar refractivity (Wildman–Crippen MR) is 112 cm³/mol. The van der Waals surface area contributed by atoms with Crippen LogP contribution in [0, 0.1) is 6.92 Å². The number of para-hydroxylation sites is 1. The molecular weight excluding hydrogens is 370 g/mol. The number of carbonyl (C=O) groups excluding carboxylic acids is 1. The van der Waals surface area contributed by atoms with Crippen LogP contribution in [0.2, 0.25) is 0 Å². The van der Waals surface area contributed by atoms with Crippen LogP contribution in [-0.2, 0) is 9.57 Å². The lowest BCUT2D eigenvalue weighted by Crippen LogP contribution is -2.46. The second kappa shape index (κ2) is 8.82. The molecule has 2 aliphatic rings. The van der Waals surface area contributed by atoms with Crippen molar-refractivity contribution in [3.05, 3.63) is 53.6 Å². The number of carbonyl (C=O) groups is 1. The molecule has 0 radical (unpaired) electrons. The molecule has 1 fully saturated rings. The molecule has 7 nitrogen and oxygen atoms in total. The van der Waals surface area contributed by atoms with Gasteiger partial charge in [-0.3, -0.25) is 19.4 Å². The molecule has 0 atom stereocenters. The summed E-state index contributed by atoms with van der Waals surface area (Å²) in [5, 5.41) is 1.72. The Morgan fingerprint density at radius 3 is 2.62 bits per heavy atom. The van der Waals surface area contributed by atoms with E-state index in [4.69, 9.17) is 14.3 Å². The van der Waals surface area contributed by atoms with Crippen LogP contribution in [0.4, 0.5) is 11.4 Å². The molecule has 0 N–H and O–H groups in total. The maximum atomic E-state index is 13.3. The summed E-state index contributed by atoms with van der Waals surface area (Å²) in [6.07, 6.45) is 0. The molecule has 0 unspecified atom stereocenters. The van der Waals surface area contributed by atoms with E-state index in [0.717, 1.165) is 49.8 Å². The third kappa shape index (κ3) is 4.22. The predicted octanol–water partition coefficient (Wildman–Crippen LogP) is 2.69. The first-order valence-corrected chi connectivity index (χ1v) is 9.93. The van der Waals surface area contributed by atoms with E-state index in [-0.39, 0.29) is 5.91 Å². The quantitative estimate of drug-likeness (QED) is 0.747. The summed E-state index contributed by atoms with van der Waals surface area (Å²) < 4.78 is 11.3. The molecule has 1 saturated heterocycles. The van der Waals surface area contributed by atoms with Gasteiger partial charge in [-0.25, -0.2) is 5.06 Å². The number of benzene rings is 2. The number of hydroxylamine groups is 1. The largest absolute Gasteiger partial charge is 0.492 e. The summed E-state index contributed by atoms with van der Waals surface area (Å²) in [4.78, 5) is 22.9. The Labute approximate surface area is 171 Å². The maximum absolute atomic E-state index is 13.3. The zero-order valence-corrected chi connectivity index (χ0v) is 17.0. The Balaban J connectivity index is 1.52. The number of hydrogen-bond acceptors (Lipinski definition) is 6. The van der Waals surface area contributed by atoms with E-state index in [1.807, 2.05) is 49.4 Å². The van der Waals surface area contributed by atoms with E-state index in [9.17, 15) is 4.79 Å². The number of nitrogens with zero attached hydrogens (tertiary/aromatic N) is 3. The molecule has 0 saturated carbocycles. The van der Waals surface area contributed by atoms with E-state index < -0.39 is 0 Å². The summed E-state index contributed by atoms with van der Waals surface area (Å²) in [5.41, 5.74) is 3.25. The lowest BCUT2D eigenvalue weighted by atomic mass is 10.1. The molecule has 0 aromatic heterocycles. The van der Waals surface area contributed by atoms with Crippen LogP contribution in [0.25, 0.3) is 0 Å². The van der Waals surface area contributed by atoms with Crippen molar-refractivity contribution in [2.75, 3.05) is 63.2 Å². The molecule has 7 heteroatoms. The zero-order valence-electron chi connectivity index (χ0n) is 17.0. The van der Waals surface area contributed by atoms with E-state index in [1.165, 1.54) is 0 Å². The minimum absolute atomic E-state index is 0.0544. The number of ether oxygens (including phenoxy) is 2. The molecule has 2 aromatic rings. The van der Waals surface area contributed by atoms with Crippen molar-refractivity contribution in [2.24, 2.45) is 0 Å². The molecule has 0 bridgehead atoms. The van der Waals surface area contributed by atoms with Gasteiger partial charge in [0.1, 0.15) is 19.0 Å². The number of anilines is 2. The van der Waals surface area contributed by atoms with Crippen molar-refractivity contribution >= 4 is 17.3 Å². The first-order valence-electron chi connectivity index (χ1n) is 9.93. The second-order valence-electron chi connectivity index (χ2n) is 7.20. The van der Waals surface area contributed by atoms with Gasteiger partial charge >= 0.3 is 0 Å². The van der Waals surface area contributed by atoms with Crippen LogP contribution in [0.3, 0.4) is 0 Å². The maximum Gasteiger partial charge on any atom is 0.262 e. The van der Waals surface area contributed by atoms with E-state index in [1.54, 1.807) is 17.1 Å². The highest BCUT2D eigenvalue weighted by molar-refractivity contribution is 6.12. The van der Waals surface area contributed by atoms with Gasteiger partial charge in [-0.05, 0) is 36.8 Å². The average Bonchev–Trinajstić information content (AvgIpc) is 2.76. The SMILES string of the molecule is CON1CN(c2ccccc2C)C(=O)c2cc(OCCN3CCOCC3)ccc21. The highest BCUT2D eigenvalue weighted by Crippen LogP contribution is 2.34. The minimum atomic E-state index is -0.0544. The molecular formula is C22H27N3O4. The normalized spacial score (nSPS) is 17.4. The minimum Gasteiger partial charge on any atom is -0.492 e. The van der Waals surface area contributed by atoms with Crippen LogP contribution >= 0.6 is 0 Å². The second-order valence-corrected chi connectivity index (χ2v) is 7.20. The Morgan fingerprint density at radius 2 is 1.86 bits per heavy atom. The smallest absolute Gasteiger partial charge is 0.262 e. The van der Waals surface area contributed by atoms with Crippen molar-refractivity contribution in [3.8, 4) is 5.75 Å². The van der Waals surface area contributed by atoms with Gasteiger partial charge in [0.15, 0.2) is 0 Å². The fourth-order valence-electron chi connectivity index (χ4n) is 3.73. The Kier molecular flexibility index (Phi) is 5.99. The Bertz CT molecular complexity index is 867. The molecule has 2 heterocycles. The van der Waals surface area contributed by atoms with Gasteiger partial charge in [0.25, 0.3) is 5.91 Å². The fourth-order valence-corrected chi connectivity index (χ4v) is 3.73. The summed E-state index contributed by atoms with van der Waals surface area (Å²) in [7, 11) is 1.61. The molecule has 4 rings (SSSR count). The molecule has 0 spiro atoms. The van der Waals surface area contributed by atoms with Gasteiger partial charge in [-0.2, -0.15) is 0 Å². The van der Waals surface area contributed by atoms with Gasteiger partial charge in [0.2, 0.25) is 0 Å². The van der Waals surface area contributed by atoms with E-state index >= 15 is 0 Å². The topological polar surface area (TPSA) is 54.5 Å².